The predicted octanol–water partition coefficient (Wildman–Crippen LogP) is 3.28. The molecule has 1 amide bonds. The molecule has 0 atom stereocenters. The lowest BCUT2D eigenvalue weighted by atomic mass is 10.0. The minimum Gasteiger partial charge on any atom is -0.383 e. The van der Waals surface area contributed by atoms with E-state index in [9.17, 15) is 4.79 Å². The van der Waals surface area contributed by atoms with Crippen LogP contribution < -0.4 is 5.32 Å². The molecule has 1 aromatic heterocycles. The number of methoxy groups -OCH3 is 1. The van der Waals surface area contributed by atoms with Crippen molar-refractivity contribution in [3.63, 3.8) is 0 Å². The predicted molar refractivity (Wildman–Crippen MR) is 86.0 cm³/mol. The van der Waals surface area contributed by atoms with Crippen LogP contribution in [0.2, 0.25) is 0 Å². The Bertz CT molecular complexity index is 648. The number of hydrogen-bond acceptors (Lipinski definition) is 3. The molecule has 0 spiro atoms. The number of rotatable bonds is 4. The molecule has 4 heteroatoms. The van der Waals surface area contributed by atoms with Crippen molar-refractivity contribution < 1.29 is 9.53 Å². The number of amides is 1. The van der Waals surface area contributed by atoms with Crippen molar-refractivity contribution in [1.82, 2.24) is 5.32 Å². The topological polar surface area (TPSA) is 38.3 Å². The maximum absolute atomic E-state index is 12.2. The molecule has 110 valence electrons. The van der Waals surface area contributed by atoms with Crippen molar-refractivity contribution in [2.75, 3.05) is 20.3 Å². The highest BCUT2D eigenvalue weighted by Gasteiger charge is 2.19. The molecule has 0 saturated carbocycles. The summed E-state index contributed by atoms with van der Waals surface area (Å²) in [5.74, 6) is 0.00241. The summed E-state index contributed by atoms with van der Waals surface area (Å²) in [5.41, 5.74) is 4.00. The van der Waals surface area contributed by atoms with Gasteiger partial charge in [0.1, 0.15) is 0 Å². The van der Waals surface area contributed by atoms with Gasteiger partial charge in [-0.15, -0.1) is 11.3 Å². The van der Waals surface area contributed by atoms with Crippen LogP contribution in [-0.4, -0.2) is 26.2 Å². The Kier molecular flexibility index (Phi) is 4.36. The van der Waals surface area contributed by atoms with E-state index in [1.807, 2.05) is 0 Å². The second-order valence-corrected chi connectivity index (χ2v) is 6.28. The van der Waals surface area contributed by atoms with Crippen LogP contribution in [-0.2, 0) is 17.6 Å². The SMILES string of the molecule is COCCNC(=O)c1cc2c(s1)-c1ccccc1CCC2. The number of aryl methyl sites for hydroxylation is 2. The highest BCUT2D eigenvalue weighted by atomic mass is 32.1. The first kappa shape index (κ1) is 14.3. The maximum atomic E-state index is 12.2. The zero-order chi connectivity index (χ0) is 14.7. The average molecular weight is 301 g/mol. The van der Waals surface area contributed by atoms with Gasteiger partial charge in [0.25, 0.3) is 5.91 Å². The van der Waals surface area contributed by atoms with E-state index in [-0.39, 0.29) is 5.91 Å². The number of carbonyl (C=O) groups is 1. The van der Waals surface area contributed by atoms with Crippen LogP contribution in [0.3, 0.4) is 0 Å². The van der Waals surface area contributed by atoms with Crippen molar-refractivity contribution in [2.24, 2.45) is 0 Å². The van der Waals surface area contributed by atoms with Crippen molar-refractivity contribution in [3.05, 3.63) is 46.3 Å². The smallest absolute Gasteiger partial charge is 0.261 e. The molecule has 1 heterocycles. The van der Waals surface area contributed by atoms with Crippen molar-refractivity contribution in [3.8, 4) is 10.4 Å². The highest BCUT2D eigenvalue weighted by Crippen LogP contribution is 2.38. The lowest BCUT2D eigenvalue weighted by Crippen LogP contribution is -2.26. The summed E-state index contributed by atoms with van der Waals surface area (Å²) in [4.78, 5) is 14.2. The Morgan fingerprint density at radius 2 is 2.10 bits per heavy atom. The van der Waals surface area contributed by atoms with Crippen LogP contribution in [0.15, 0.2) is 30.3 Å². The van der Waals surface area contributed by atoms with Gasteiger partial charge < -0.3 is 10.1 Å². The van der Waals surface area contributed by atoms with Gasteiger partial charge in [-0.05, 0) is 42.0 Å². The van der Waals surface area contributed by atoms with Crippen LogP contribution in [0.1, 0.15) is 27.2 Å². The lowest BCUT2D eigenvalue weighted by Gasteiger charge is -2.04. The molecule has 1 aliphatic rings. The molecule has 1 aromatic carbocycles. The molecule has 1 aliphatic carbocycles. The van der Waals surface area contributed by atoms with Crippen molar-refractivity contribution in [2.45, 2.75) is 19.3 Å². The molecule has 2 aromatic rings. The third-order valence-corrected chi connectivity index (χ3v) is 4.99. The van der Waals surface area contributed by atoms with Gasteiger partial charge in [0.15, 0.2) is 0 Å². The number of nitrogens with one attached hydrogen (secondary N) is 1. The largest absolute Gasteiger partial charge is 0.383 e. The van der Waals surface area contributed by atoms with Crippen molar-refractivity contribution >= 4 is 17.2 Å². The molecule has 3 nitrogen and oxygen atoms in total. The van der Waals surface area contributed by atoms with Gasteiger partial charge in [-0.2, -0.15) is 0 Å². The minimum absolute atomic E-state index is 0.00241. The third kappa shape index (κ3) is 3.01. The summed E-state index contributed by atoms with van der Waals surface area (Å²) < 4.78 is 4.96. The fourth-order valence-corrected chi connectivity index (χ4v) is 3.92. The Hall–Kier alpha value is -1.65. The van der Waals surface area contributed by atoms with E-state index in [4.69, 9.17) is 4.74 Å². The fourth-order valence-electron chi connectivity index (χ4n) is 2.74. The van der Waals surface area contributed by atoms with E-state index in [2.05, 4.69) is 35.6 Å². The summed E-state index contributed by atoms with van der Waals surface area (Å²) in [7, 11) is 1.64. The molecule has 0 aliphatic heterocycles. The minimum atomic E-state index is 0.00241. The highest BCUT2D eigenvalue weighted by molar-refractivity contribution is 7.17. The van der Waals surface area contributed by atoms with Crippen LogP contribution in [0.25, 0.3) is 10.4 Å². The van der Waals surface area contributed by atoms with Crippen LogP contribution in [0.4, 0.5) is 0 Å². The molecule has 3 rings (SSSR count). The number of fused-ring (bicyclic) bond motifs is 3. The maximum Gasteiger partial charge on any atom is 0.261 e. The Balaban J connectivity index is 1.88. The van der Waals surface area contributed by atoms with Gasteiger partial charge in [-0.3, -0.25) is 4.79 Å². The van der Waals surface area contributed by atoms with Gasteiger partial charge in [0, 0.05) is 18.5 Å². The summed E-state index contributed by atoms with van der Waals surface area (Å²) in [6, 6.07) is 10.6. The van der Waals surface area contributed by atoms with Crippen LogP contribution in [0.5, 0.6) is 0 Å². The van der Waals surface area contributed by atoms with Gasteiger partial charge in [0.2, 0.25) is 0 Å². The van der Waals surface area contributed by atoms with E-state index in [1.165, 1.54) is 21.6 Å². The van der Waals surface area contributed by atoms with E-state index in [1.54, 1.807) is 18.4 Å². The summed E-state index contributed by atoms with van der Waals surface area (Å²) in [6.07, 6.45) is 3.31. The standard InChI is InChI=1S/C17H19NO2S/c1-20-10-9-18-17(19)15-11-13-7-4-6-12-5-2-3-8-14(12)16(13)21-15/h2-3,5,8,11H,4,6-7,9-10H2,1H3,(H,18,19). The van der Waals surface area contributed by atoms with E-state index in [0.717, 1.165) is 24.1 Å². The molecule has 0 fully saturated rings. The summed E-state index contributed by atoms with van der Waals surface area (Å²) in [6.45, 7) is 1.09. The van der Waals surface area contributed by atoms with E-state index >= 15 is 0 Å². The van der Waals surface area contributed by atoms with Gasteiger partial charge in [-0.1, -0.05) is 24.3 Å². The summed E-state index contributed by atoms with van der Waals surface area (Å²) in [5, 5.41) is 2.90. The molecular formula is C17H19NO2S. The Morgan fingerprint density at radius 1 is 1.29 bits per heavy atom. The van der Waals surface area contributed by atoms with E-state index in [0.29, 0.717) is 13.2 Å². The first-order chi connectivity index (χ1) is 10.3. The monoisotopic (exact) mass is 301 g/mol. The normalized spacial score (nSPS) is 13.2. The zero-order valence-electron chi connectivity index (χ0n) is 12.1. The molecule has 0 unspecified atom stereocenters. The van der Waals surface area contributed by atoms with Crippen molar-refractivity contribution in [1.29, 1.82) is 0 Å². The van der Waals surface area contributed by atoms with Gasteiger partial charge in [-0.25, -0.2) is 0 Å². The number of ether oxygens (including phenoxy) is 1. The molecule has 21 heavy (non-hydrogen) atoms. The number of hydrogen-bond donors (Lipinski definition) is 1. The van der Waals surface area contributed by atoms with Crippen LogP contribution in [0, 0.1) is 0 Å². The third-order valence-electron chi connectivity index (χ3n) is 3.78. The number of benzene rings is 1. The quantitative estimate of drug-likeness (QED) is 0.880. The lowest BCUT2D eigenvalue weighted by molar-refractivity contribution is 0.0941. The number of thiophene rings is 1. The Labute approximate surface area is 129 Å². The molecular weight excluding hydrogens is 282 g/mol. The second-order valence-electron chi connectivity index (χ2n) is 5.22. The van der Waals surface area contributed by atoms with Crippen LogP contribution >= 0.6 is 11.3 Å². The molecule has 1 N–H and O–H groups in total. The molecule has 0 radical (unpaired) electrons. The van der Waals surface area contributed by atoms with Gasteiger partial charge in [0.05, 0.1) is 11.5 Å². The molecule has 0 saturated heterocycles. The fraction of sp³-hybridized carbons (Fsp3) is 0.353. The van der Waals surface area contributed by atoms with E-state index < -0.39 is 0 Å². The zero-order valence-corrected chi connectivity index (χ0v) is 13.0. The average Bonchev–Trinajstić information content (AvgIpc) is 2.85. The summed E-state index contributed by atoms with van der Waals surface area (Å²) >= 11 is 1.60. The van der Waals surface area contributed by atoms with Gasteiger partial charge >= 0.3 is 0 Å². The second kappa shape index (κ2) is 6.41. The number of carbonyl (C=O) groups excluding carboxylic acids is 1. The first-order valence-electron chi connectivity index (χ1n) is 7.27. The Morgan fingerprint density at radius 3 is 2.95 bits per heavy atom. The molecule has 0 bridgehead atoms. The first-order valence-corrected chi connectivity index (χ1v) is 8.09.